The molecule has 0 unspecified atom stereocenters. The van der Waals surface area contributed by atoms with E-state index in [1.807, 2.05) is 11.6 Å². The molecular weight excluding hydrogens is 318 g/mol. The summed E-state index contributed by atoms with van der Waals surface area (Å²) >= 11 is 0. The van der Waals surface area contributed by atoms with Gasteiger partial charge < -0.3 is 9.47 Å². The average Bonchev–Trinajstić information content (AvgIpc) is 2.73. The van der Waals surface area contributed by atoms with Gasteiger partial charge in [-0.1, -0.05) is 0 Å². The standard InChI is InChI=1S/C14H25N5O3S/c1-16(2)14(20)12-8-18(10-13-7-15-11-17(13)3)5-6-19(9-12)23(4,21)22/h7,11-12H,5-6,8-10H2,1-4H3/t12-/m1/s1. The number of sulfonamides is 1. The highest BCUT2D eigenvalue weighted by molar-refractivity contribution is 7.88. The number of rotatable bonds is 4. The Morgan fingerprint density at radius 2 is 2.04 bits per heavy atom. The third-order valence-electron chi connectivity index (χ3n) is 4.13. The molecule has 2 rings (SSSR count). The molecule has 1 atom stereocenters. The Balaban J connectivity index is 2.19. The molecule has 0 saturated carbocycles. The summed E-state index contributed by atoms with van der Waals surface area (Å²) in [5.74, 6) is -0.411. The number of amides is 1. The van der Waals surface area contributed by atoms with Crippen LogP contribution >= 0.6 is 0 Å². The van der Waals surface area contributed by atoms with Crippen LogP contribution in [0.1, 0.15) is 5.69 Å². The van der Waals surface area contributed by atoms with Gasteiger partial charge in [0.25, 0.3) is 0 Å². The van der Waals surface area contributed by atoms with Gasteiger partial charge >= 0.3 is 0 Å². The molecule has 0 radical (unpaired) electrons. The minimum atomic E-state index is -3.32. The maximum absolute atomic E-state index is 12.4. The fraction of sp³-hybridized carbons (Fsp3) is 0.714. The number of carbonyl (C=O) groups excluding carboxylic acids is 1. The van der Waals surface area contributed by atoms with Crippen LogP contribution in [0.4, 0.5) is 0 Å². The minimum absolute atomic E-state index is 0.0458. The summed E-state index contributed by atoms with van der Waals surface area (Å²) < 4.78 is 27.2. The van der Waals surface area contributed by atoms with Gasteiger partial charge in [-0.05, 0) is 0 Å². The lowest BCUT2D eigenvalue weighted by Gasteiger charge is -2.25. The number of aromatic nitrogens is 2. The Labute approximate surface area is 137 Å². The largest absolute Gasteiger partial charge is 0.348 e. The van der Waals surface area contributed by atoms with Crippen LogP contribution in [0.3, 0.4) is 0 Å². The number of nitrogens with zero attached hydrogens (tertiary/aromatic N) is 5. The summed E-state index contributed by atoms with van der Waals surface area (Å²) in [6.07, 6.45) is 4.72. The highest BCUT2D eigenvalue weighted by atomic mass is 32.2. The zero-order valence-electron chi connectivity index (χ0n) is 14.1. The van der Waals surface area contributed by atoms with Crippen LogP contribution in [-0.4, -0.2) is 84.5 Å². The SMILES string of the molecule is CN(C)C(=O)[C@@H]1CN(Cc2cncn2C)CCN(S(C)(=O)=O)C1. The van der Waals surface area contributed by atoms with Crippen LogP contribution in [0.2, 0.25) is 0 Å². The van der Waals surface area contributed by atoms with Gasteiger partial charge in [-0.3, -0.25) is 9.69 Å². The maximum atomic E-state index is 12.4. The van der Waals surface area contributed by atoms with Crippen molar-refractivity contribution >= 4 is 15.9 Å². The van der Waals surface area contributed by atoms with Crippen molar-refractivity contribution < 1.29 is 13.2 Å². The van der Waals surface area contributed by atoms with E-state index in [0.29, 0.717) is 26.2 Å². The molecule has 1 aromatic heterocycles. The van der Waals surface area contributed by atoms with Crippen molar-refractivity contribution in [1.82, 2.24) is 23.7 Å². The molecule has 1 aliphatic heterocycles. The molecule has 0 bridgehead atoms. The summed E-state index contributed by atoms with van der Waals surface area (Å²) in [6.45, 7) is 2.40. The second-order valence-electron chi connectivity index (χ2n) is 6.28. The Kier molecular flexibility index (Phi) is 5.43. The monoisotopic (exact) mass is 343 g/mol. The molecule has 130 valence electrons. The number of imidazole rings is 1. The Morgan fingerprint density at radius 3 is 2.57 bits per heavy atom. The summed E-state index contributed by atoms with van der Waals surface area (Å²) in [7, 11) is 2.00. The van der Waals surface area contributed by atoms with Crippen LogP contribution in [0.25, 0.3) is 0 Å². The van der Waals surface area contributed by atoms with Gasteiger partial charge in [-0.15, -0.1) is 0 Å². The van der Waals surface area contributed by atoms with Gasteiger partial charge in [0.2, 0.25) is 15.9 Å². The number of hydrogen-bond acceptors (Lipinski definition) is 5. The van der Waals surface area contributed by atoms with Crippen molar-refractivity contribution in [2.45, 2.75) is 6.54 Å². The van der Waals surface area contributed by atoms with Crippen LogP contribution in [-0.2, 0) is 28.4 Å². The Bertz CT molecular complexity index is 655. The van der Waals surface area contributed by atoms with Crippen molar-refractivity contribution in [3.8, 4) is 0 Å². The van der Waals surface area contributed by atoms with Crippen LogP contribution in [0.15, 0.2) is 12.5 Å². The lowest BCUT2D eigenvalue weighted by molar-refractivity contribution is -0.133. The molecule has 8 nitrogen and oxygen atoms in total. The van der Waals surface area contributed by atoms with E-state index in [1.54, 1.807) is 26.6 Å². The molecule has 0 aliphatic carbocycles. The first-order valence-corrected chi connectivity index (χ1v) is 9.37. The fourth-order valence-electron chi connectivity index (χ4n) is 2.78. The lowest BCUT2D eigenvalue weighted by Crippen LogP contribution is -2.41. The van der Waals surface area contributed by atoms with Crippen LogP contribution in [0.5, 0.6) is 0 Å². The third-order valence-corrected chi connectivity index (χ3v) is 5.40. The van der Waals surface area contributed by atoms with Crippen molar-refractivity contribution in [2.75, 3.05) is 46.5 Å². The van der Waals surface area contributed by atoms with Crippen molar-refractivity contribution in [1.29, 1.82) is 0 Å². The first-order chi connectivity index (χ1) is 10.7. The molecule has 2 heterocycles. The summed E-state index contributed by atoms with van der Waals surface area (Å²) in [5, 5.41) is 0. The highest BCUT2D eigenvalue weighted by Crippen LogP contribution is 2.16. The molecule has 1 aliphatic rings. The summed E-state index contributed by atoms with van der Waals surface area (Å²) in [4.78, 5) is 20.1. The quantitative estimate of drug-likeness (QED) is 0.715. The van der Waals surface area contributed by atoms with Crippen LogP contribution < -0.4 is 0 Å². The van der Waals surface area contributed by atoms with Gasteiger partial charge in [0.05, 0.1) is 24.2 Å². The topological polar surface area (TPSA) is 78.8 Å². The van der Waals surface area contributed by atoms with Gasteiger partial charge in [-0.2, -0.15) is 0 Å². The predicted molar refractivity (Wildman–Crippen MR) is 87.1 cm³/mol. The molecule has 0 N–H and O–H groups in total. The molecule has 9 heteroatoms. The van der Waals surface area contributed by atoms with E-state index in [-0.39, 0.29) is 18.4 Å². The van der Waals surface area contributed by atoms with Crippen molar-refractivity contribution in [3.63, 3.8) is 0 Å². The van der Waals surface area contributed by atoms with E-state index in [4.69, 9.17) is 0 Å². The second-order valence-corrected chi connectivity index (χ2v) is 8.26. The number of carbonyl (C=O) groups is 1. The van der Waals surface area contributed by atoms with Gasteiger partial charge in [0, 0.05) is 60.1 Å². The van der Waals surface area contributed by atoms with Gasteiger partial charge in [-0.25, -0.2) is 17.7 Å². The summed E-state index contributed by atoms with van der Waals surface area (Å²) in [6, 6.07) is 0. The zero-order chi connectivity index (χ0) is 17.2. The molecule has 0 spiro atoms. The maximum Gasteiger partial charge on any atom is 0.227 e. The van der Waals surface area contributed by atoms with Gasteiger partial charge in [0.15, 0.2) is 0 Å². The van der Waals surface area contributed by atoms with E-state index in [2.05, 4.69) is 9.88 Å². The van der Waals surface area contributed by atoms with E-state index in [9.17, 15) is 13.2 Å². The second kappa shape index (κ2) is 6.98. The smallest absolute Gasteiger partial charge is 0.227 e. The van der Waals surface area contributed by atoms with Crippen molar-refractivity contribution in [2.24, 2.45) is 13.0 Å². The highest BCUT2D eigenvalue weighted by Gasteiger charge is 2.32. The molecule has 1 fully saturated rings. The predicted octanol–water partition coefficient (Wildman–Crippen LogP) is -0.798. The van der Waals surface area contributed by atoms with Crippen molar-refractivity contribution in [3.05, 3.63) is 18.2 Å². The minimum Gasteiger partial charge on any atom is -0.348 e. The molecule has 23 heavy (non-hydrogen) atoms. The molecule has 1 amide bonds. The van der Waals surface area contributed by atoms with E-state index < -0.39 is 10.0 Å². The van der Waals surface area contributed by atoms with Crippen LogP contribution in [0, 0.1) is 5.92 Å². The molecule has 1 aromatic rings. The third kappa shape index (κ3) is 4.52. The Morgan fingerprint density at radius 1 is 1.35 bits per heavy atom. The first kappa shape index (κ1) is 17.9. The molecular formula is C14H25N5O3S. The lowest BCUT2D eigenvalue weighted by atomic mass is 10.1. The first-order valence-electron chi connectivity index (χ1n) is 7.52. The molecule has 0 aromatic carbocycles. The Hall–Kier alpha value is -1.45. The normalized spacial score (nSPS) is 21.1. The average molecular weight is 343 g/mol. The van der Waals surface area contributed by atoms with E-state index in [1.165, 1.54) is 15.5 Å². The molecule has 1 saturated heterocycles. The summed E-state index contributed by atoms with van der Waals surface area (Å²) in [5.41, 5.74) is 1.04. The van der Waals surface area contributed by atoms with E-state index in [0.717, 1.165) is 5.69 Å². The van der Waals surface area contributed by atoms with E-state index >= 15 is 0 Å². The fourth-order valence-corrected chi connectivity index (χ4v) is 3.65. The number of hydrogen-bond donors (Lipinski definition) is 0. The number of aryl methyl sites for hydroxylation is 1. The van der Waals surface area contributed by atoms with Gasteiger partial charge in [0.1, 0.15) is 0 Å². The zero-order valence-corrected chi connectivity index (χ0v) is 15.0.